The third kappa shape index (κ3) is 17.7. The minimum Gasteiger partial charge on any atom is -0.375 e. The number of amides is 4. The van der Waals surface area contributed by atoms with Crippen molar-refractivity contribution in [3.05, 3.63) is 54.1 Å². The lowest BCUT2D eigenvalue weighted by Crippen LogP contribution is -2.45. The molecule has 2 aromatic carbocycles. The molecule has 0 saturated heterocycles. The van der Waals surface area contributed by atoms with Gasteiger partial charge in [-0.25, -0.2) is 4.68 Å². The molecule has 4 rings (SSSR count). The van der Waals surface area contributed by atoms with Crippen molar-refractivity contribution in [3.8, 4) is 22.5 Å². The quantitative estimate of drug-likeness (QED) is 0.0549. The standard InChI is InChI=1S/C48H73N7O6S2.C2H6/c1-12-50-43(59)44(2,3)26-30-60-46(6,7)25-29-55-42-35-18-14-13-17-34(35)33-54(37-20-16-15-19-36(37)41(42)52-53-55)40(58)22-21-39(57)51-45(4,5)27-31-61-47(8,9)28-32-62-63-48(10,11)24-23-38(49)56;1-2/h13-20H,12,21-33H2,1-11H3,(H2,49,56)(H,50,59)(H,51,57);1-2H3. The molecule has 0 saturated carbocycles. The molecule has 362 valence electrons. The zero-order chi connectivity index (χ0) is 48.6. The minimum absolute atomic E-state index is 0.0213. The Bertz CT molecular complexity index is 2030. The summed E-state index contributed by atoms with van der Waals surface area (Å²) in [5.41, 5.74) is 8.39. The van der Waals surface area contributed by atoms with Crippen molar-refractivity contribution in [1.29, 1.82) is 0 Å². The number of aryl methyl sites for hydroxylation is 1. The first-order chi connectivity index (χ1) is 30.4. The number of fused-ring (bicyclic) bond motifs is 5. The smallest absolute Gasteiger partial charge is 0.227 e. The van der Waals surface area contributed by atoms with Gasteiger partial charge in [-0.05, 0) is 106 Å². The summed E-state index contributed by atoms with van der Waals surface area (Å²) in [7, 11) is 3.55. The van der Waals surface area contributed by atoms with Gasteiger partial charge >= 0.3 is 0 Å². The first-order valence-corrected chi connectivity index (χ1v) is 25.6. The highest BCUT2D eigenvalue weighted by molar-refractivity contribution is 8.77. The Balaban J connectivity index is 0.00000553. The third-order valence-corrected chi connectivity index (χ3v) is 14.8. The van der Waals surface area contributed by atoms with Crippen molar-refractivity contribution < 1.29 is 28.7 Å². The van der Waals surface area contributed by atoms with E-state index in [4.69, 9.17) is 20.3 Å². The molecule has 0 radical (unpaired) electrons. The zero-order valence-corrected chi connectivity index (χ0v) is 43.3. The van der Waals surface area contributed by atoms with Crippen LogP contribution in [0.4, 0.5) is 5.69 Å². The molecule has 13 nitrogen and oxygen atoms in total. The van der Waals surface area contributed by atoms with Crippen LogP contribution in [0.1, 0.15) is 147 Å². The van der Waals surface area contributed by atoms with E-state index < -0.39 is 16.6 Å². The topological polar surface area (TPSA) is 171 Å². The van der Waals surface area contributed by atoms with Gasteiger partial charge in [0, 0.05) is 78.1 Å². The molecule has 1 aromatic heterocycles. The Kier molecular flexibility index (Phi) is 21.1. The second-order valence-corrected chi connectivity index (χ2v) is 22.8. The molecule has 0 aliphatic carbocycles. The second-order valence-electron chi connectivity index (χ2n) is 19.7. The fraction of sp³-hybridized carbons (Fsp3) is 0.640. The van der Waals surface area contributed by atoms with Crippen LogP contribution in [0.15, 0.2) is 48.5 Å². The van der Waals surface area contributed by atoms with Gasteiger partial charge in [0.2, 0.25) is 23.6 Å². The molecular formula is C50H79N7O6S2. The van der Waals surface area contributed by atoms with Gasteiger partial charge in [0.15, 0.2) is 0 Å². The molecule has 4 amide bonds. The molecule has 0 spiro atoms. The number of hydrogen-bond acceptors (Lipinski definition) is 10. The average Bonchev–Trinajstić information content (AvgIpc) is 3.65. The van der Waals surface area contributed by atoms with E-state index in [9.17, 15) is 19.2 Å². The molecule has 0 bridgehead atoms. The molecule has 65 heavy (non-hydrogen) atoms. The summed E-state index contributed by atoms with van der Waals surface area (Å²) in [6.45, 7) is 28.7. The van der Waals surface area contributed by atoms with Gasteiger partial charge in [-0.15, -0.1) is 5.10 Å². The number of nitrogens with two attached hydrogens (primary N) is 1. The van der Waals surface area contributed by atoms with E-state index in [0.717, 1.165) is 41.0 Å². The first-order valence-electron chi connectivity index (χ1n) is 23.3. The Morgan fingerprint density at radius 1 is 0.769 bits per heavy atom. The maximum Gasteiger partial charge on any atom is 0.227 e. The van der Waals surface area contributed by atoms with Gasteiger partial charge in [-0.2, -0.15) is 0 Å². The number of para-hydroxylation sites is 1. The lowest BCUT2D eigenvalue weighted by Gasteiger charge is -2.31. The summed E-state index contributed by atoms with van der Waals surface area (Å²) in [4.78, 5) is 53.0. The van der Waals surface area contributed by atoms with Gasteiger partial charge in [-0.3, -0.25) is 19.2 Å². The van der Waals surface area contributed by atoms with Crippen LogP contribution in [0, 0.1) is 5.41 Å². The average molecular weight is 938 g/mol. The summed E-state index contributed by atoms with van der Waals surface area (Å²) < 4.78 is 14.5. The highest BCUT2D eigenvalue weighted by Gasteiger charge is 2.32. The number of anilines is 1. The highest BCUT2D eigenvalue weighted by atomic mass is 33.1. The summed E-state index contributed by atoms with van der Waals surface area (Å²) in [5.74, 6) is 0.299. The van der Waals surface area contributed by atoms with E-state index in [1.807, 2.05) is 102 Å². The molecule has 0 fully saturated rings. The fourth-order valence-corrected chi connectivity index (χ4v) is 10.1. The van der Waals surface area contributed by atoms with Gasteiger partial charge in [0.1, 0.15) is 5.69 Å². The van der Waals surface area contributed by atoms with Crippen LogP contribution in [0.25, 0.3) is 22.5 Å². The second kappa shape index (κ2) is 24.7. The number of nitrogens with zero attached hydrogens (tertiary/aromatic N) is 4. The lowest BCUT2D eigenvalue weighted by atomic mass is 9.88. The third-order valence-electron chi connectivity index (χ3n) is 11.5. The first kappa shape index (κ1) is 55.4. The van der Waals surface area contributed by atoms with Crippen molar-refractivity contribution in [2.45, 2.75) is 176 Å². The van der Waals surface area contributed by atoms with Crippen LogP contribution < -0.4 is 21.3 Å². The van der Waals surface area contributed by atoms with Gasteiger partial charge in [0.05, 0.1) is 29.1 Å². The van der Waals surface area contributed by atoms with Crippen LogP contribution in [-0.2, 0) is 41.7 Å². The van der Waals surface area contributed by atoms with Crippen LogP contribution in [0.5, 0.6) is 0 Å². The van der Waals surface area contributed by atoms with Crippen molar-refractivity contribution in [3.63, 3.8) is 0 Å². The number of benzene rings is 2. The van der Waals surface area contributed by atoms with Gasteiger partial charge in [0.25, 0.3) is 0 Å². The van der Waals surface area contributed by atoms with Crippen LogP contribution in [-0.4, -0.2) is 85.6 Å². The Morgan fingerprint density at radius 2 is 1.38 bits per heavy atom. The summed E-state index contributed by atoms with van der Waals surface area (Å²) in [6.07, 6.45) is 3.92. The lowest BCUT2D eigenvalue weighted by molar-refractivity contribution is -0.131. The van der Waals surface area contributed by atoms with Gasteiger partial charge in [-0.1, -0.05) is 97.0 Å². The number of hydrogen-bond donors (Lipinski definition) is 3. The van der Waals surface area contributed by atoms with E-state index >= 15 is 0 Å². The Labute approximate surface area is 397 Å². The zero-order valence-electron chi connectivity index (χ0n) is 41.7. The monoisotopic (exact) mass is 938 g/mol. The van der Waals surface area contributed by atoms with Gasteiger partial charge < -0.3 is 30.7 Å². The molecule has 1 aliphatic rings. The SMILES string of the molecule is CC.CCNC(=O)C(C)(C)CCOC(C)(C)CCn1nnc2c1-c1ccccc1CN(C(=O)CCC(=O)NC(C)(C)CCOC(C)(C)CCSSC(C)(C)CCC(N)=O)c1ccccc1-2. The Hall–Kier alpha value is -3.92. The van der Waals surface area contributed by atoms with Crippen molar-refractivity contribution in [1.82, 2.24) is 25.6 Å². The number of carbonyl (C=O) groups excluding carboxylic acids is 4. The molecule has 15 heteroatoms. The van der Waals surface area contributed by atoms with Crippen LogP contribution in [0.3, 0.4) is 0 Å². The summed E-state index contributed by atoms with van der Waals surface area (Å²) >= 11 is 0. The number of primary amides is 1. The number of ether oxygens (including phenoxy) is 2. The number of carbonyl (C=O) groups is 4. The predicted molar refractivity (Wildman–Crippen MR) is 268 cm³/mol. The molecule has 0 atom stereocenters. The van der Waals surface area contributed by atoms with E-state index in [-0.39, 0.29) is 46.8 Å². The highest BCUT2D eigenvalue weighted by Crippen LogP contribution is 2.42. The van der Waals surface area contributed by atoms with E-state index in [1.165, 1.54) is 0 Å². The molecule has 1 aliphatic heterocycles. The normalized spacial score (nSPS) is 13.0. The van der Waals surface area contributed by atoms with E-state index in [2.05, 4.69) is 57.4 Å². The summed E-state index contributed by atoms with van der Waals surface area (Å²) in [5, 5.41) is 15.4. The van der Waals surface area contributed by atoms with Crippen molar-refractivity contribution in [2.24, 2.45) is 11.1 Å². The van der Waals surface area contributed by atoms with Crippen molar-refractivity contribution >= 4 is 50.9 Å². The maximum atomic E-state index is 14.2. The fourth-order valence-electron chi connectivity index (χ4n) is 7.20. The summed E-state index contributed by atoms with van der Waals surface area (Å²) in [6, 6.07) is 15.8. The van der Waals surface area contributed by atoms with Crippen molar-refractivity contribution in [2.75, 3.05) is 30.4 Å². The minimum atomic E-state index is -0.537. The maximum absolute atomic E-state index is 14.2. The number of nitrogens with one attached hydrogen (secondary N) is 2. The number of rotatable bonds is 25. The predicted octanol–water partition coefficient (Wildman–Crippen LogP) is 9.90. The Morgan fingerprint density at radius 3 is 2.05 bits per heavy atom. The van der Waals surface area contributed by atoms with E-state index in [1.54, 1.807) is 26.5 Å². The van der Waals surface area contributed by atoms with Crippen LogP contribution >= 0.6 is 21.6 Å². The van der Waals surface area contributed by atoms with Crippen LogP contribution in [0.2, 0.25) is 0 Å². The molecule has 0 unspecified atom stereocenters. The molecule has 4 N–H and O–H groups in total. The number of aromatic nitrogens is 3. The van der Waals surface area contributed by atoms with E-state index in [0.29, 0.717) is 69.9 Å². The molecular weight excluding hydrogens is 859 g/mol. The largest absolute Gasteiger partial charge is 0.375 e. The molecule has 2 heterocycles. The molecule has 3 aromatic rings.